The normalized spacial score (nSPS) is 16.8. The van der Waals surface area contributed by atoms with E-state index in [1.54, 1.807) is 12.1 Å². The van der Waals surface area contributed by atoms with Gasteiger partial charge in [0.1, 0.15) is 5.54 Å². The van der Waals surface area contributed by atoms with Crippen LogP contribution in [-0.4, -0.2) is 18.3 Å². The number of rotatable bonds is 3. The molecule has 1 fully saturated rings. The van der Waals surface area contributed by atoms with Gasteiger partial charge in [-0.05, 0) is 41.3 Å². The molecule has 4 nitrogen and oxygen atoms in total. The molecule has 17 heavy (non-hydrogen) atoms. The first-order valence-electron chi connectivity index (χ1n) is 5.29. The van der Waals surface area contributed by atoms with Crippen LogP contribution in [-0.2, 0) is 10.3 Å². The lowest BCUT2D eigenvalue weighted by molar-refractivity contribution is 0.243. The SMILES string of the molecule is COc1c(C2(N=C=O)CCC2)ccc(Br)c1O. The van der Waals surface area contributed by atoms with Crippen molar-refractivity contribution < 1.29 is 14.6 Å². The summed E-state index contributed by atoms with van der Waals surface area (Å²) in [5.41, 5.74) is 0.181. The predicted molar refractivity (Wildman–Crippen MR) is 66.0 cm³/mol. The van der Waals surface area contributed by atoms with E-state index in [0.29, 0.717) is 10.2 Å². The van der Waals surface area contributed by atoms with E-state index >= 15 is 0 Å². The number of aliphatic imine (C=N–C) groups is 1. The number of ether oxygens (including phenoxy) is 1. The van der Waals surface area contributed by atoms with E-state index in [-0.39, 0.29) is 5.75 Å². The Morgan fingerprint density at radius 1 is 1.53 bits per heavy atom. The molecule has 1 aromatic rings. The molecule has 0 radical (unpaired) electrons. The number of aromatic hydroxyl groups is 1. The fourth-order valence-corrected chi connectivity index (χ4v) is 2.47. The van der Waals surface area contributed by atoms with Crippen LogP contribution in [0.2, 0.25) is 0 Å². The van der Waals surface area contributed by atoms with E-state index in [1.807, 2.05) is 6.07 Å². The number of benzene rings is 1. The quantitative estimate of drug-likeness (QED) is 0.689. The molecule has 0 aliphatic heterocycles. The Labute approximate surface area is 107 Å². The maximum atomic E-state index is 10.5. The average Bonchev–Trinajstić information content (AvgIpc) is 2.27. The van der Waals surface area contributed by atoms with Crippen LogP contribution in [0.25, 0.3) is 0 Å². The van der Waals surface area contributed by atoms with Crippen molar-refractivity contribution >= 4 is 22.0 Å². The summed E-state index contributed by atoms with van der Waals surface area (Å²) in [6, 6.07) is 3.55. The van der Waals surface area contributed by atoms with Gasteiger partial charge < -0.3 is 9.84 Å². The van der Waals surface area contributed by atoms with Gasteiger partial charge in [-0.25, -0.2) is 4.79 Å². The first-order valence-corrected chi connectivity index (χ1v) is 6.09. The number of phenols is 1. The van der Waals surface area contributed by atoms with E-state index < -0.39 is 5.54 Å². The minimum atomic E-state index is -0.564. The number of hydrogen-bond acceptors (Lipinski definition) is 4. The first kappa shape index (κ1) is 12.1. The van der Waals surface area contributed by atoms with Gasteiger partial charge in [-0.3, -0.25) is 0 Å². The van der Waals surface area contributed by atoms with E-state index in [0.717, 1.165) is 24.8 Å². The Morgan fingerprint density at radius 2 is 2.24 bits per heavy atom. The predicted octanol–water partition coefficient (Wildman–Crippen LogP) is 2.88. The summed E-state index contributed by atoms with van der Waals surface area (Å²) in [6.07, 6.45) is 4.18. The van der Waals surface area contributed by atoms with Crippen LogP contribution >= 0.6 is 15.9 Å². The molecule has 1 aliphatic rings. The zero-order valence-corrected chi connectivity index (χ0v) is 11.0. The number of hydrogen-bond donors (Lipinski definition) is 1. The Hall–Kier alpha value is -1.32. The molecule has 0 amide bonds. The van der Waals surface area contributed by atoms with Crippen LogP contribution in [0.3, 0.4) is 0 Å². The monoisotopic (exact) mass is 297 g/mol. The van der Waals surface area contributed by atoms with Gasteiger partial charge in [0, 0.05) is 5.56 Å². The van der Waals surface area contributed by atoms with E-state index in [2.05, 4.69) is 20.9 Å². The van der Waals surface area contributed by atoms with Crippen LogP contribution in [0.5, 0.6) is 11.5 Å². The molecule has 1 N–H and O–H groups in total. The van der Waals surface area contributed by atoms with Crippen molar-refractivity contribution in [1.82, 2.24) is 0 Å². The van der Waals surface area contributed by atoms with Crippen molar-refractivity contribution in [3.63, 3.8) is 0 Å². The minimum absolute atomic E-state index is 0.0392. The summed E-state index contributed by atoms with van der Waals surface area (Å²) in [7, 11) is 1.49. The number of nitrogens with zero attached hydrogens (tertiary/aromatic N) is 1. The molecule has 0 atom stereocenters. The van der Waals surface area contributed by atoms with Crippen molar-refractivity contribution in [2.75, 3.05) is 7.11 Å². The Bertz CT molecular complexity index is 491. The van der Waals surface area contributed by atoms with Gasteiger partial charge in [0.15, 0.2) is 11.5 Å². The van der Waals surface area contributed by atoms with Crippen molar-refractivity contribution in [3.05, 3.63) is 22.2 Å². The van der Waals surface area contributed by atoms with Gasteiger partial charge in [-0.15, -0.1) is 0 Å². The second-order valence-electron chi connectivity index (χ2n) is 4.07. The summed E-state index contributed by atoms with van der Waals surface area (Å²) >= 11 is 3.23. The van der Waals surface area contributed by atoms with Crippen LogP contribution in [0.1, 0.15) is 24.8 Å². The standard InChI is InChI=1S/C12H12BrNO3/c1-17-11-8(3-4-9(13)10(11)16)12(14-7-15)5-2-6-12/h3-4,16H,2,5-6H2,1H3. The summed E-state index contributed by atoms with van der Waals surface area (Å²) in [5.74, 6) is 0.412. The molecular formula is C12H12BrNO3. The van der Waals surface area contributed by atoms with Crippen LogP contribution in [0, 0.1) is 0 Å². The van der Waals surface area contributed by atoms with Crippen molar-refractivity contribution in [2.45, 2.75) is 24.8 Å². The highest BCUT2D eigenvalue weighted by molar-refractivity contribution is 9.10. The van der Waals surface area contributed by atoms with Gasteiger partial charge in [-0.1, -0.05) is 6.07 Å². The van der Waals surface area contributed by atoms with Crippen LogP contribution in [0.15, 0.2) is 21.6 Å². The Kier molecular flexibility index (Phi) is 3.22. The van der Waals surface area contributed by atoms with Crippen molar-refractivity contribution in [3.8, 4) is 11.5 Å². The summed E-state index contributed by atoms with van der Waals surface area (Å²) in [6.45, 7) is 0. The number of methoxy groups -OCH3 is 1. The number of isocyanates is 1. The van der Waals surface area contributed by atoms with Crippen molar-refractivity contribution in [2.24, 2.45) is 4.99 Å². The van der Waals surface area contributed by atoms with Gasteiger partial charge in [-0.2, -0.15) is 4.99 Å². The van der Waals surface area contributed by atoms with E-state index in [4.69, 9.17) is 4.74 Å². The van der Waals surface area contributed by atoms with Crippen LogP contribution < -0.4 is 4.74 Å². The highest BCUT2D eigenvalue weighted by atomic mass is 79.9. The smallest absolute Gasteiger partial charge is 0.235 e. The lowest BCUT2D eigenvalue weighted by Gasteiger charge is -2.38. The number of carbonyl (C=O) groups excluding carboxylic acids is 1. The molecule has 0 bridgehead atoms. The van der Waals surface area contributed by atoms with Gasteiger partial charge >= 0.3 is 0 Å². The molecule has 1 aliphatic carbocycles. The highest BCUT2D eigenvalue weighted by Crippen LogP contribution is 2.51. The topological polar surface area (TPSA) is 58.9 Å². The Balaban J connectivity index is 2.58. The molecule has 0 saturated heterocycles. The molecule has 90 valence electrons. The highest BCUT2D eigenvalue weighted by Gasteiger charge is 2.42. The third kappa shape index (κ3) is 1.85. The fraction of sp³-hybridized carbons (Fsp3) is 0.417. The molecule has 0 spiro atoms. The van der Waals surface area contributed by atoms with Crippen molar-refractivity contribution in [1.29, 1.82) is 0 Å². The number of phenolic OH excluding ortho intramolecular Hbond substituents is 1. The lowest BCUT2D eigenvalue weighted by atomic mass is 9.72. The molecule has 0 unspecified atom stereocenters. The fourth-order valence-electron chi connectivity index (χ4n) is 2.16. The third-order valence-electron chi connectivity index (χ3n) is 3.23. The van der Waals surface area contributed by atoms with E-state index in [9.17, 15) is 9.90 Å². The Morgan fingerprint density at radius 3 is 2.71 bits per heavy atom. The molecule has 5 heteroatoms. The summed E-state index contributed by atoms with van der Waals surface area (Å²) < 4.78 is 5.77. The summed E-state index contributed by atoms with van der Waals surface area (Å²) in [4.78, 5) is 14.4. The average molecular weight is 298 g/mol. The maximum Gasteiger partial charge on any atom is 0.235 e. The first-order chi connectivity index (χ1) is 8.14. The second kappa shape index (κ2) is 4.51. The molecule has 0 aromatic heterocycles. The van der Waals surface area contributed by atoms with Gasteiger partial charge in [0.2, 0.25) is 6.08 Å². The summed E-state index contributed by atoms with van der Waals surface area (Å²) in [5, 5.41) is 9.92. The number of halogens is 1. The maximum absolute atomic E-state index is 10.5. The zero-order valence-electron chi connectivity index (χ0n) is 9.36. The molecule has 2 rings (SSSR count). The van der Waals surface area contributed by atoms with Crippen LogP contribution in [0.4, 0.5) is 0 Å². The minimum Gasteiger partial charge on any atom is -0.503 e. The van der Waals surface area contributed by atoms with Gasteiger partial charge in [0.05, 0.1) is 11.6 Å². The largest absolute Gasteiger partial charge is 0.503 e. The molecule has 1 aromatic carbocycles. The third-order valence-corrected chi connectivity index (χ3v) is 3.87. The molecule has 1 saturated carbocycles. The van der Waals surface area contributed by atoms with Gasteiger partial charge in [0.25, 0.3) is 0 Å². The van der Waals surface area contributed by atoms with E-state index in [1.165, 1.54) is 7.11 Å². The molecule has 0 heterocycles. The molecular weight excluding hydrogens is 286 g/mol. The zero-order chi connectivity index (χ0) is 12.5. The second-order valence-corrected chi connectivity index (χ2v) is 4.92. The lowest BCUT2D eigenvalue weighted by Crippen LogP contribution is -2.32.